The number of fused-ring (bicyclic) bond motifs is 1. The molecule has 7 heteroatoms. The molecular formula is C24H16ClF2N3O. The maximum Gasteiger partial charge on any atom is 0.352 e. The summed E-state index contributed by atoms with van der Waals surface area (Å²) in [5.41, 5.74) is 3.00. The minimum Gasteiger partial charge on any atom is -0.271 e. The van der Waals surface area contributed by atoms with Gasteiger partial charge in [-0.1, -0.05) is 59.6 Å². The zero-order valence-corrected chi connectivity index (χ0v) is 17.1. The van der Waals surface area contributed by atoms with Gasteiger partial charge in [0.2, 0.25) is 0 Å². The highest BCUT2D eigenvalue weighted by molar-refractivity contribution is 6.30. The van der Waals surface area contributed by atoms with Crippen molar-refractivity contribution in [1.29, 1.82) is 0 Å². The first-order valence-corrected chi connectivity index (χ1v) is 9.98. The van der Waals surface area contributed by atoms with E-state index in [1.54, 1.807) is 41.2 Å². The zero-order chi connectivity index (χ0) is 21.8. The van der Waals surface area contributed by atoms with Crippen LogP contribution < -0.4 is 4.90 Å². The number of hydrogen-bond donors (Lipinski definition) is 0. The summed E-state index contributed by atoms with van der Waals surface area (Å²) in [7, 11) is 0. The molecule has 0 aliphatic carbocycles. The maximum absolute atomic E-state index is 14.8. The Morgan fingerprint density at radius 2 is 1.58 bits per heavy atom. The van der Waals surface area contributed by atoms with E-state index in [0.29, 0.717) is 16.3 Å². The van der Waals surface area contributed by atoms with Crippen LogP contribution in [0.2, 0.25) is 5.02 Å². The van der Waals surface area contributed by atoms with Crippen LogP contribution in [0.25, 0.3) is 16.9 Å². The molecule has 0 saturated carbocycles. The third-order valence-corrected chi connectivity index (χ3v) is 5.56. The standard InChI is InChI=1S/C24H16ClF2N3O/c1-15-6-12-18(13-7-15)29-14-21(22(28-29)16-8-10-17(25)11-9-16)30-20-5-3-2-4-19(20)24(26,27)23(30)31/h2-14H,1H3. The molecule has 3 aromatic carbocycles. The topological polar surface area (TPSA) is 38.1 Å². The van der Waals surface area contributed by atoms with Gasteiger partial charge in [0.15, 0.2) is 0 Å². The Labute approximate surface area is 182 Å². The summed E-state index contributed by atoms with van der Waals surface area (Å²) in [6, 6.07) is 20.4. The molecule has 0 radical (unpaired) electrons. The lowest BCUT2D eigenvalue weighted by atomic mass is 10.1. The van der Waals surface area contributed by atoms with Crippen molar-refractivity contribution in [3.63, 3.8) is 0 Å². The van der Waals surface area contributed by atoms with Crippen molar-refractivity contribution in [2.45, 2.75) is 12.8 Å². The molecule has 0 atom stereocenters. The lowest BCUT2D eigenvalue weighted by Crippen LogP contribution is -2.31. The molecule has 154 valence electrons. The lowest BCUT2D eigenvalue weighted by molar-refractivity contribution is -0.140. The van der Waals surface area contributed by atoms with E-state index in [0.717, 1.165) is 16.2 Å². The Kier molecular flexibility index (Phi) is 4.41. The van der Waals surface area contributed by atoms with Crippen LogP contribution in [0.3, 0.4) is 0 Å². The second-order valence-corrected chi connectivity index (χ2v) is 7.82. The SMILES string of the molecule is Cc1ccc(-n2cc(N3C(=O)C(F)(F)c4ccccc43)c(-c3ccc(Cl)cc3)n2)cc1. The van der Waals surface area contributed by atoms with Crippen LogP contribution in [0.5, 0.6) is 0 Å². The predicted molar refractivity (Wildman–Crippen MR) is 116 cm³/mol. The van der Waals surface area contributed by atoms with Gasteiger partial charge in [-0.15, -0.1) is 0 Å². The molecule has 1 aliphatic heterocycles. The zero-order valence-electron chi connectivity index (χ0n) is 16.4. The number of nitrogens with zero attached hydrogens (tertiary/aromatic N) is 3. The minimum absolute atomic E-state index is 0.149. The van der Waals surface area contributed by atoms with Crippen LogP contribution in [0, 0.1) is 6.92 Å². The fourth-order valence-corrected chi connectivity index (χ4v) is 3.84. The monoisotopic (exact) mass is 435 g/mol. The number of carbonyl (C=O) groups is 1. The van der Waals surface area contributed by atoms with Crippen LogP contribution in [0.4, 0.5) is 20.2 Å². The fraction of sp³-hybridized carbons (Fsp3) is 0.0833. The molecule has 31 heavy (non-hydrogen) atoms. The third-order valence-electron chi connectivity index (χ3n) is 5.31. The Morgan fingerprint density at radius 1 is 0.903 bits per heavy atom. The fourth-order valence-electron chi connectivity index (χ4n) is 3.71. The van der Waals surface area contributed by atoms with Gasteiger partial charge in [-0.3, -0.25) is 9.69 Å². The van der Waals surface area contributed by atoms with Gasteiger partial charge in [0.05, 0.1) is 28.8 Å². The van der Waals surface area contributed by atoms with Crippen molar-refractivity contribution >= 4 is 28.9 Å². The van der Waals surface area contributed by atoms with E-state index in [4.69, 9.17) is 11.6 Å². The van der Waals surface area contributed by atoms with E-state index < -0.39 is 11.8 Å². The number of hydrogen-bond acceptors (Lipinski definition) is 2. The Bertz CT molecular complexity index is 1300. The number of halogens is 3. The molecule has 1 amide bonds. The molecule has 0 fully saturated rings. The molecule has 0 spiro atoms. The van der Waals surface area contributed by atoms with Crippen LogP contribution in [-0.4, -0.2) is 15.7 Å². The Morgan fingerprint density at radius 3 is 2.29 bits per heavy atom. The van der Waals surface area contributed by atoms with E-state index in [9.17, 15) is 13.6 Å². The molecule has 2 heterocycles. The number of benzene rings is 3. The molecule has 1 aliphatic rings. The molecule has 5 rings (SSSR count). The van der Waals surface area contributed by atoms with Crippen molar-refractivity contribution in [1.82, 2.24) is 9.78 Å². The van der Waals surface area contributed by atoms with Gasteiger partial charge in [-0.25, -0.2) is 4.68 Å². The second-order valence-electron chi connectivity index (χ2n) is 7.38. The number of para-hydroxylation sites is 1. The molecule has 0 N–H and O–H groups in total. The summed E-state index contributed by atoms with van der Waals surface area (Å²) >= 11 is 6.02. The van der Waals surface area contributed by atoms with E-state index in [1.807, 2.05) is 31.2 Å². The van der Waals surface area contributed by atoms with E-state index in [-0.39, 0.29) is 16.9 Å². The van der Waals surface area contributed by atoms with Crippen molar-refractivity contribution < 1.29 is 13.6 Å². The summed E-state index contributed by atoms with van der Waals surface area (Å²) in [5, 5.41) is 5.18. The molecule has 0 unspecified atom stereocenters. The Balaban J connectivity index is 1.73. The van der Waals surface area contributed by atoms with Gasteiger partial charge in [-0.2, -0.15) is 13.9 Å². The van der Waals surface area contributed by atoms with Gasteiger partial charge >= 0.3 is 11.8 Å². The van der Waals surface area contributed by atoms with Gasteiger partial charge < -0.3 is 0 Å². The number of rotatable bonds is 3. The summed E-state index contributed by atoms with van der Waals surface area (Å²) < 4.78 is 31.2. The molecule has 4 nitrogen and oxygen atoms in total. The number of anilines is 2. The largest absolute Gasteiger partial charge is 0.352 e. The summed E-state index contributed by atoms with van der Waals surface area (Å²) in [4.78, 5) is 13.9. The third kappa shape index (κ3) is 3.11. The molecule has 0 saturated heterocycles. The van der Waals surface area contributed by atoms with Crippen molar-refractivity contribution in [2.24, 2.45) is 0 Å². The summed E-state index contributed by atoms with van der Waals surface area (Å²) in [6.45, 7) is 1.97. The van der Waals surface area contributed by atoms with E-state index in [2.05, 4.69) is 5.10 Å². The Hall–Kier alpha value is -3.51. The highest BCUT2D eigenvalue weighted by atomic mass is 35.5. The number of carbonyl (C=O) groups excluding carboxylic acids is 1. The summed E-state index contributed by atoms with van der Waals surface area (Å²) in [5.74, 6) is -4.91. The van der Waals surface area contributed by atoms with Crippen LogP contribution in [0.15, 0.2) is 79.0 Å². The van der Waals surface area contributed by atoms with Gasteiger partial charge in [-0.05, 0) is 37.3 Å². The van der Waals surface area contributed by atoms with Crippen LogP contribution in [-0.2, 0) is 10.7 Å². The maximum atomic E-state index is 14.8. The van der Waals surface area contributed by atoms with Crippen molar-refractivity contribution in [2.75, 3.05) is 4.90 Å². The number of aryl methyl sites for hydroxylation is 1. The quantitative estimate of drug-likeness (QED) is 0.380. The van der Waals surface area contributed by atoms with Crippen molar-refractivity contribution in [3.05, 3.63) is 95.1 Å². The van der Waals surface area contributed by atoms with Crippen molar-refractivity contribution in [3.8, 4) is 16.9 Å². The average Bonchev–Trinajstić information content (AvgIpc) is 3.27. The first-order chi connectivity index (χ1) is 14.9. The first kappa shape index (κ1) is 19.5. The highest BCUT2D eigenvalue weighted by Gasteiger charge is 2.54. The second kappa shape index (κ2) is 7.03. The molecular weight excluding hydrogens is 420 g/mol. The smallest absolute Gasteiger partial charge is 0.271 e. The van der Waals surface area contributed by atoms with Gasteiger partial charge in [0, 0.05) is 10.6 Å². The highest BCUT2D eigenvalue weighted by Crippen LogP contribution is 2.49. The first-order valence-electron chi connectivity index (χ1n) is 9.61. The number of amides is 1. The van der Waals surface area contributed by atoms with Gasteiger partial charge in [0.25, 0.3) is 0 Å². The number of aromatic nitrogens is 2. The van der Waals surface area contributed by atoms with Crippen LogP contribution >= 0.6 is 11.6 Å². The average molecular weight is 436 g/mol. The molecule has 0 bridgehead atoms. The number of alkyl halides is 2. The summed E-state index contributed by atoms with van der Waals surface area (Å²) in [6.07, 6.45) is 1.60. The van der Waals surface area contributed by atoms with Crippen LogP contribution in [0.1, 0.15) is 11.1 Å². The normalized spacial score (nSPS) is 14.7. The van der Waals surface area contributed by atoms with E-state index >= 15 is 0 Å². The molecule has 1 aromatic heterocycles. The molecule has 4 aromatic rings. The lowest BCUT2D eigenvalue weighted by Gasteiger charge is -2.17. The van der Waals surface area contributed by atoms with Gasteiger partial charge in [0.1, 0.15) is 5.69 Å². The van der Waals surface area contributed by atoms with E-state index in [1.165, 1.54) is 18.2 Å². The minimum atomic E-state index is -3.61. The predicted octanol–water partition coefficient (Wildman–Crippen LogP) is 6.27.